The molecular weight excluding hydrogens is 521 g/mol. The minimum absolute atomic E-state index is 0.0367. The average Bonchev–Trinajstić information content (AvgIpc) is 3.42. The molecule has 10 heteroatoms. The van der Waals surface area contributed by atoms with E-state index in [4.69, 9.17) is 28.0 Å². The minimum Gasteiger partial charge on any atom is -0.392 e. The third-order valence-electron chi connectivity index (χ3n) is 6.50. The highest BCUT2D eigenvalue weighted by Gasteiger charge is 2.25. The van der Waals surface area contributed by atoms with Crippen LogP contribution in [0.5, 0.6) is 0 Å². The molecule has 0 saturated carbocycles. The second-order valence-electron chi connectivity index (χ2n) is 8.95. The largest absolute Gasteiger partial charge is 0.392 e. The summed E-state index contributed by atoms with van der Waals surface area (Å²) in [5, 5.41) is 4.88. The third-order valence-corrected chi connectivity index (χ3v) is 7.11. The van der Waals surface area contributed by atoms with Crippen molar-refractivity contribution in [3.05, 3.63) is 97.9 Å². The van der Waals surface area contributed by atoms with Crippen LogP contribution in [0.3, 0.4) is 0 Å². The smallest absolute Gasteiger partial charge is 0.255 e. The number of hydrogen-bond donors (Lipinski definition) is 0. The predicted octanol–water partition coefficient (Wildman–Crippen LogP) is 5.85. The van der Waals surface area contributed by atoms with Crippen molar-refractivity contribution in [2.45, 2.75) is 31.8 Å². The number of aliphatic imine (C=N–C) groups is 1. The molecule has 0 atom stereocenters. The first-order chi connectivity index (χ1) is 17.9. The van der Waals surface area contributed by atoms with Gasteiger partial charge >= 0.3 is 0 Å². The first kappa shape index (κ1) is 25.4. The lowest BCUT2D eigenvalue weighted by Gasteiger charge is -2.32. The van der Waals surface area contributed by atoms with E-state index in [0.29, 0.717) is 11.3 Å². The van der Waals surface area contributed by atoms with Crippen LogP contribution in [0, 0.1) is 11.6 Å². The van der Waals surface area contributed by atoms with E-state index in [9.17, 15) is 13.6 Å². The zero-order valence-electron chi connectivity index (χ0n) is 19.8. The van der Waals surface area contributed by atoms with Gasteiger partial charge in [0.05, 0.1) is 21.6 Å². The van der Waals surface area contributed by atoms with Crippen molar-refractivity contribution in [2.75, 3.05) is 19.6 Å². The van der Waals surface area contributed by atoms with E-state index in [-0.39, 0.29) is 33.0 Å². The molecule has 1 aromatic heterocycles. The van der Waals surface area contributed by atoms with Gasteiger partial charge in [-0.25, -0.2) is 8.78 Å². The number of rotatable bonds is 5. The van der Waals surface area contributed by atoms with Gasteiger partial charge in [-0.2, -0.15) is 0 Å². The summed E-state index contributed by atoms with van der Waals surface area (Å²) in [5.74, 6) is -0.363. The fourth-order valence-corrected chi connectivity index (χ4v) is 5.17. The molecule has 1 fully saturated rings. The van der Waals surface area contributed by atoms with Crippen LogP contribution in [0.1, 0.15) is 36.8 Å². The zero-order chi connectivity index (χ0) is 25.9. The summed E-state index contributed by atoms with van der Waals surface area (Å²) in [6.07, 6.45) is 4.85. The van der Waals surface area contributed by atoms with E-state index in [1.54, 1.807) is 18.2 Å². The van der Waals surface area contributed by atoms with Gasteiger partial charge in [-0.05, 0) is 36.8 Å². The van der Waals surface area contributed by atoms with Crippen LogP contribution < -0.4 is 5.56 Å². The Labute approximate surface area is 222 Å². The highest BCUT2D eigenvalue weighted by molar-refractivity contribution is 6.37. The molecule has 2 aromatic carbocycles. The molecule has 0 unspecified atom stereocenters. The van der Waals surface area contributed by atoms with Gasteiger partial charge < -0.3 is 9.74 Å². The number of nitrogens with zero attached hydrogens (tertiary/aromatic N) is 4. The van der Waals surface area contributed by atoms with Gasteiger partial charge in [-0.15, -0.1) is 0 Å². The lowest BCUT2D eigenvalue weighted by atomic mass is 10.0. The molecule has 2 aliphatic heterocycles. The fraction of sp³-hybridized carbons (Fsp3) is 0.296. The summed E-state index contributed by atoms with van der Waals surface area (Å²) in [7, 11) is 0. The molecular formula is C27H24Cl2F2N4O2. The normalized spacial score (nSPS) is 16.7. The number of amidine groups is 1. The monoisotopic (exact) mass is 544 g/mol. The molecule has 6 nitrogen and oxygen atoms in total. The van der Waals surface area contributed by atoms with Crippen LogP contribution >= 0.6 is 23.2 Å². The molecule has 2 aliphatic rings. The van der Waals surface area contributed by atoms with E-state index in [1.165, 1.54) is 29.0 Å². The molecule has 0 aliphatic carbocycles. The Balaban J connectivity index is 1.48. The SMILES string of the molecule is O=c1ccc(/C(=N/OC2CCN(C3=NCCC3)CC2)c2ccc(F)cc2F)cn1-c1c(Cl)cccc1Cl. The van der Waals surface area contributed by atoms with Crippen molar-refractivity contribution in [1.82, 2.24) is 9.47 Å². The van der Waals surface area contributed by atoms with Crippen LogP contribution in [0.25, 0.3) is 5.69 Å². The van der Waals surface area contributed by atoms with Crippen molar-refractivity contribution in [3.8, 4) is 5.69 Å². The average molecular weight is 545 g/mol. The summed E-state index contributed by atoms with van der Waals surface area (Å²) in [6.45, 7) is 2.48. The number of likely N-dealkylation sites (tertiary alicyclic amines) is 1. The maximum atomic E-state index is 14.9. The summed E-state index contributed by atoms with van der Waals surface area (Å²) >= 11 is 12.7. The molecule has 3 heterocycles. The van der Waals surface area contributed by atoms with Crippen LogP contribution in [-0.4, -0.2) is 46.8 Å². The first-order valence-corrected chi connectivity index (χ1v) is 12.8. The Morgan fingerprint density at radius 2 is 1.81 bits per heavy atom. The summed E-state index contributed by atoms with van der Waals surface area (Å²) in [5.41, 5.74) is 0.436. The molecule has 37 heavy (non-hydrogen) atoms. The molecule has 3 aromatic rings. The van der Waals surface area contributed by atoms with Gasteiger partial charge in [-0.3, -0.25) is 14.4 Å². The van der Waals surface area contributed by atoms with Gasteiger partial charge in [0.1, 0.15) is 23.5 Å². The topological polar surface area (TPSA) is 59.2 Å². The lowest BCUT2D eigenvalue weighted by Crippen LogP contribution is -2.39. The van der Waals surface area contributed by atoms with Crippen molar-refractivity contribution in [3.63, 3.8) is 0 Å². The first-order valence-electron chi connectivity index (χ1n) is 12.1. The zero-order valence-corrected chi connectivity index (χ0v) is 21.4. The summed E-state index contributed by atoms with van der Waals surface area (Å²) in [4.78, 5) is 25.5. The van der Waals surface area contributed by atoms with E-state index in [1.807, 2.05) is 0 Å². The standard InChI is InChI=1S/C27H24Cl2F2N4O2/c28-21-3-1-4-22(29)27(21)35-16-17(6-9-25(35)36)26(20-8-7-18(30)15-23(20)31)33-37-19-10-13-34(14-11-19)24-5-2-12-32-24/h1,3-4,6-9,15-16,19H,2,5,10-14H2/b33-26-. The van der Waals surface area contributed by atoms with Crippen LogP contribution in [0.15, 0.2) is 69.7 Å². The second-order valence-corrected chi connectivity index (χ2v) is 9.77. The second kappa shape index (κ2) is 11.0. The Bertz CT molecular complexity index is 1410. The predicted molar refractivity (Wildman–Crippen MR) is 141 cm³/mol. The molecule has 0 radical (unpaired) electrons. The Morgan fingerprint density at radius 1 is 1.05 bits per heavy atom. The highest BCUT2D eigenvalue weighted by atomic mass is 35.5. The van der Waals surface area contributed by atoms with E-state index in [0.717, 1.165) is 63.3 Å². The molecule has 0 amide bonds. The lowest BCUT2D eigenvalue weighted by molar-refractivity contribution is 0.0232. The van der Waals surface area contributed by atoms with Gasteiger partial charge in [0.15, 0.2) is 0 Å². The van der Waals surface area contributed by atoms with E-state index >= 15 is 0 Å². The molecule has 5 rings (SSSR count). The number of para-hydroxylation sites is 1. The van der Waals surface area contributed by atoms with Gasteiger partial charge in [0.25, 0.3) is 5.56 Å². The number of halogens is 4. The Morgan fingerprint density at radius 3 is 2.49 bits per heavy atom. The summed E-state index contributed by atoms with van der Waals surface area (Å²) in [6, 6.07) is 10.9. The highest BCUT2D eigenvalue weighted by Crippen LogP contribution is 2.28. The molecule has 0 N–H and O–H groups in total. The summed E-state index contributed by atoms with van der Waals surface area (Å²) < 4.78 is 29.9. The maximum Gasteiger partial charge on any atom is 0.255 e. The molecule has 0 bridgehead atoms. The van der Waals surface area contributed by atoms with Crippen molar-refractivity contribution in [1.29, 1.82) is 0 Å². The Kier molecular flexibility index (Phi) is 7.58. The third kappa shape index (κ3) is 5.55. The fourth-order valence-electron chi connectivity index (χ4n) is 4.59. The van der Waals surface area contributed by atoms with Crippen molar-refractivity contribution < 1.29 is 13.6 Å². The number of pyridine rings is 1. The number of aromatic nitrogens is 1. The van der Waals surface area contributed by atoms with Crippen molar-refractivity contribution in [2.24, 2.45) is 10.1 Å². The van der Waals surface area contributed by atoms with Crippen LogP contribution in [-0.2, 0) is 4.84 Å². The Hall–Kier alpha value is -3.23. The molecule has 1 saturated heterocycles. The maximum absolute atomic E-state index is 14.9. The number of oxime groups is 1. The molecule has 192 valence electrons. The van der Waals surface area contributed by atoms with E-state index in [2.05, 4.69) is 15.0 Å². The van der Waals surface area contributed by atoms with Gasteiger partial charge in [0, 0.05) is 68.4 Å². The van der Waals surface area contributed by atoms with Crippen LogP contribution in [0.4, 0.5) is 8.78 Å². The quantitative estimate of drug-likeness (QED) is 0.299. The minimum atomic E-state index is -0.801. The van der Waals surface area contributed by atoms with Gasteiger partial charge in [-0.1, -0.05) is 34.4 Å². The number of piperidine rings is 1. The van der Waals surface area contributed by atoms with Crippen molar-refractivity contribution >= 4 is 34.7 Å². The van der Waals surface area contributed by atoms with Crippen LogP contribution in [0.2, 0.25) is 10.0 Å². The van der Waals surface area contributed by atoms with Gasteiger partial charge in [0.2, 0.25) is 0 Å². The number of benzene rings is 2. The number of hydrogen-bond acceptors (Lipinski definition) is 5. The molecule has 0 spiro atoms. The van der Waals surface area contributed by atoms with E-state index < -0.39 is 11.6 Å².